The first-order valence-electron chi connectivity index (χ1n) is 6.05. The van der Waals surface area contributed by atoms with Crippen LogP contribution in [-0.2, 0) is 9.53 Å². The Balaban J connectivity index is 2.34. The van der Waals surface area contributed by atoms with Crippen LogP contribution in [0.25, 0.3) is 10.2 Å². The number of fused-ring (bicyclic) bond motifs is 1. The molecule has 8 heteroatoms. The van der Waals surface area contributed by atoms with Gasteiger partial charge in [0.15, 0.2) is 4.77 Å². The Kier molecular flexibility index (Phi) is 4.69. The Labute approximate surface area is 124 Å². The van der Waals surface area contributed by atoms with Gasteiger partial charge in [0.1, 0.15) is 10.7 Å². The molecule has 0 saturated carbocycles. The van der Waals surface area contributed by atoms with Crippen LogP contribution in [0.2, 0.25) is 0 Å². The number of hydrogen-bond acceptors (Lipinski definition) is 5. The van der Waals surface area contributed by atoms with Gasteiger partial charge < -0.3 is 15.0 Å². The molecule has 0 fully saturated rings. The first-order valence-corrected chi connectivity index (χ1v) is 7.33. The van der Waals surface area contributed by atoms with Crippen molar-refractivity contribution < 1.29 is 9.53 Å². The van der Waals surface area contributed by atoms with Gasteiger partial charge in [0.05, 0.1) is 12.1 Å². The van der Waals surface area contributed by atoms with E-state index in [2.05, 4.69) is 10.3 Å². The van der Waals surface area contributed by atoms with E-state index in [9.17, 15) is 9.59 Å². The second kappa shape index (κ2) is 6.29. The predicted octanol–water partition coefficient (Wildman–Crippen LogP) is 1.44. The van der Waals surface area contributed by atoms with Gasteiger partial charge in [0.25, 0.3) is 5.56 Å². The van der Waals surface area contributed by atoms with E-state index in [1.165, 1.54) is 15.9 Å². The van der Waals surface area contributed by atoms with Crippen LogP contribution >= 0.6 is 23.6 Å². The largest absolute Gasteiger partial charge is 0.383 e. The van der Waals surface area contributed by atoms with Gasteiger partial charge >= 0.3 is 0 Å². The van der Waals surface area contributed by atoms with Crippen molar-refractivity contribution in [2.45, 2.75) is 13.0 Å². The summed E-state index contributed by atoms with van der Waals surface area (Å²) in [6.45, 7) is 2.46. The molecule has 1 unspecified atom stereocenters. The summed E-state index contributed by atoms with van der Waals surface area (Å²) in [4.78, 5) is 27.3. The Morgan fingerprint density at radius 1 is 1.65 bits per heavy atom. The van der Waals surface area contributed by atoms with Crippen molar-refractivity contribution in [1.82, 2.24) is 14.9 Å². The van der Waals surface area contributed by atoms with Crippen molar-refractivity contribution in [1.29, 1.82) is 0 Å². The maximum atomic E-state index is 12.4. The van der Waals surface area contributed by atoms with E-state index in [4.69, 9.17) is 17.0 Å². The van der Waals surface area contributed by atoms with Crippen LogP contribution in [0.15, 0.2) is 16.2 Å². The number of methoxy groups -OCH3 is 1. The molecule has 0 spiro atoms. The van der Waals surface area contributed by atoms with E-state index in [1.54, 1.807) is 20.1 Å². The number of aromatic amines is 1. The van der Waals surface area contributed by atoms with E-state index < -0.39 is 6.04 Å². The van der Waals surface area contributed by atoms with Crippen LogP contribution in [0.1, 0.15) is 13.0 Å². The molecule has 2 N–H and O–H groups in total. The average molecular weight is 313 g/mol. The van der Waals surface area contributed by atoms with Crippen LogP contribution in [0.3, 0.4) is 0 Å². The summed E-state index contributed by atoms with van der Waals surface area (Å²) in [6, 6.07) is 1.12. The molecule has 1 atom stereocenters. The van der Waals surface area contributed by atoms with Gasteiger partial charge in [-0.25, -0.2) is 0 Å². The zero-order valence-electron chi connectivity index (χ0n) is 11.1. The van der Waals surface area contributed by atoms with E-state index in [0.717, 1.165) is 0 Å². The molecule has 0 saturated heterocycles. The van der Waals surface area contributed by atoms with Crippen molar-refractivity contribution in [2.75, 3.05) is 20.3 Å². The van der Waals surface area contributed by atoms with Crippen molar-refractivity contribution in [2.24, 2.45) is 0 Å². The minimum Gasteiger partial charge on any atom is -0.383 e. The Morgan fingerprint density at radius 2 is 2.40 bits per heavy atom. The SMILES string of the molecule is COCCNC(=O)C(C)n1c(=S)[nH]c2ccsc2c1=O. The fourth-order valence-electron chi connectivity index (χ4n) is 1.84. The fraction of sp³-hybridized carbons (Fsp3) is 0.417. The topological polar surface area (TPSA) is 76.1 Å². The molecule has 0 aliphatic heterocycles. The van der Waals surface area contributed by atoms with Crippen LogP contribution in [0, 0.1) is 4.77 Å². The standard InChI is InChI=1S/C12H15N3O3S2/c1-7(10(16)13-4-5-18-2)15-11(17)9-8(3-6-20-9)14-12(15)19/h3,6-7H,4-5H2,1-2H3,(H,13,16)(H,14,19). The van der Waals surface area contributed by atoms with Crippen molar-refractivity contribution >= 4 is 39.7 Å². The summed E-state index contributed by atoms with van der Waals surface area (Å²) < 4.78 is 6.98. The van der Waals surface area contributed by atoms with E-state index in [1.807, 2.05) is 5.38 Å². The summed E-state index contributed by atoms with van der Waals surface area (Å²) in [5.74, 6) is -0.264. The number of thiophene rings is 1. The molecule has 2 heterocycles. The molecule has 0 radical (unpaired) electrons. The summed E-state index contributed by atoms with van der Waals surface area (Å²) >= 11 is 6.50. The van der Waals surface area contributed by atoms with Crippen LogP contribution in [0.5, 0.6) is 0 Å². The number of nitrogens with zero attached hydrogens (tertiary/aromatic N) is 1. The maximum absolute atomic E-state index is 12.4. The minimum atomic E-state index is -0.672. The first kappa shape index (κ1) is 14.9. The second-order valence-electron chi connectivity index (χ2n) is 4.23. The molecular weight excluding hydrogens is 298 g/mol. The van der Waals surface area contributed by atoms with Crippen molar-refractivity contribution in [3.05, 3.63) is 26.6 Å². The molecule has 0 aliphatic rings. The third kappa shape index (κ3) is 2.82. The Morgan fingerprint density at radius 3 is 3.10 bits per heavy atom. The summed E-state index contributed by atoms with van der Waals surface area (Å²) in [5.41, 5.74) is 0.460. The number of aromatic nitrogens is 2. The van der Waals surface area contributed by atoms with Crippen molar-refractivity contribution in [3.63, 3.8) is 0 Å². The predicted molar refractivity (Wildman–Crippen MR) is 80.9 cm³/mol. The molecule has 1 amide bonds. The second-order valence-corrected chi connectivity index (χ2v) is 5.53. The zero-order valence-corrected chi connectivity index (χ0v) is 12.8. The highest BCUT2D eigenvalue weighted by Gasteiger charge is 2.18. The molecule has 2 rings (SSSR count). The van der Waals surface area contributed by atoms with Gasteiger partial charge in [-0.05, 0) is 30.6 Å². The monoisotopic (exact) mass is 313 g/mol. The Hall–Kier alpha value is -1.51. The lowest BCUT2D eigenvalue weighted by Crippen LogP contribution is -2.37. The number of hydrogen-bond donors (Lipinski definition) is 2. The van der Waals surface area contributed by atoms with Crippen LogP contribution in [-0.4, -0.2) is 35.7 Å². The number of rotatable bonds is 5. The smallest absolute Gasteiger partial charge is 0.272 e. The normalized spacial score (nSPS) is 12.5. The molecule has 2 aromatic heterocycles. The molecule has 0 aromatic carbocycles. The molecule has 108 valence electrons. The molecule has 6 nitrogen and oxygen atoms in total. The van der Waals surface area contributed by atoms with Crippen LogP contribution in [0.4, 0.5) is 0 Å². The number of amides is 1. The number of ether oxygens (including phenoxy) is 1. The van der Waals surface area contributed by atoms with Gasteiger partial charge in [0.2, 0.25) is 5.91 Å². The molecule has 0 aliphatic carbocycles. The van der Waals surface area contributed by atoms with Gasteiger partial charge in [0, 0.05) is 13.7 Å². The summed E-state index contributed by atoms with van der Waals surface area (Å²) in [5, 5.41) is 4.51. The number of carbonyl (C=O) groups excluding carboxylic acids is 1. The highest BCUT2D eigenvalue weighted by Crippen LogP contribution is 2.15. The molecule has 2 aromatic rings. The summed E-state index contributed by atoms with van der Waals surface area (Å²) in [7, 11) is 1.56. The van der Waals surface area contributed by atoms with E-state index in [0.29, 0.717) is 23.4 Å². The highest BCUT2D eigenvalue weighted by atomic mass is 32.1. The van der Waals surface area contributed by atoms with Crippen molar-refractivity contribution in [3.8, 4) is 0 Å². The lowest BCUT2D eigenvalue weighted by Gasteiger charge is -2.15. The fourth-order valence-corrected chi connectivity index (χ4v) is 2.98. The van der Waals surface area contributed by atoms with E-state index >= 15 is 0 Å². The van der Waals surface area contributed by atoms with Gasteiger partial charge in [-0.3, -0.25) is 14.2 Å². The third-order valence-electron chi connectivity index (χ3n) is 2.91. The molecule has 20 heavy (non-hydrogen) atoms. The molecular formula is C12H15N3O3S2. The summed E-state index contributed by atoms with van der Waals surface area (Å²) in [6.07, 6.45) is 0. The van der Waals surface area contributed by atoms with Gasteiger partial charge in [-0.1, -0.05) is 0 Å². The zero-order chi connectivity index (χ0) is 14.7. The van der Waals surface area contributed by atoms with E-state index in [-0.39, 0.29) is 16.2 Å². The van der Waals surface area contributed by atoms with Gasteiger partial charge in [-0.2, -0.15) is 0 Å². The number of H-pyrrole nitrogens is 1. The lowest BCUT2D eigenvalue weighted by molar-refractivity contribution is -0.124. The van der Waals surface area contributed by atoms with Gasteiger partial charge in [-0.15, -0.1) is 11.3 Å². The minimum absolute atomic E-state index is 0.242. The van der Waals surface area contributed by atoms with Crippen LogP contribution < -0.4 is 10.9 Å². The number of nitrogens with one attached hydrogen (secondary N) is 2. The Bertz CT molecular complexity index is 731. The lowest BCUT2D eigenvalue weighted by atomic mass is 10.3. The third-order valence-corrected chi connectivity index (χ3v) is 4.11. The number of carbonyl (C=O) groups is 1. The average Bonchev–Trinajstić information content (AvgIpc) is 2.87. The first-order chi connectivity index (χ1) is 9.56. The molecule has 0 bridgehead atoms. The maximum Gasteiger partial charge on any atom is 0.272 e. The quantitative estimate of drug-likeness (QED) is 0.647. The highest BCUT2D eigenvalue weighted by molar-refractivity contribution is 7.71.